The highest BCUT2D eigenvalue weighted by molar-refractivity contribution is 5.77. The third-order valence-corrected chi connectivity index (χ3v) is 2.52. The molecule has 1 heterocycles. The summed E-state index contributed by atoms with van der Waals surface area (Å²) in [5.74, 6) is 0.136. The Morgan fingerprint density at radius 2 is 2.12 bits per heavy atom. The lowest BCUT2D eigenvalue weighted by atomic mass is 10.2. The zero-order valence-electron chi connectivity index (χ0n) is 9.94. The minimum absolute atomic E-state index is 0.136. The minimum Gasteiger partial charge on any atom is -0.345 e. The molecule has 0 unspecified atom stereocenters. The van der Waals surface area contributed by atoms with E-state index in [0.717, 1.165) is 19.5 Å². The molecule has 0 radical (unpaired) electrons. The predicted octanol–water partition coefficient (Wildman–Crippen LogP) is 0.692. The maximum atomic E-state index is 11.4. The first-order chi connectivity index (χ1) is 7.74. The summed E-state index contributed by atoms with van der Waals surface area (Å²) in [7, 11) is 1.81. The number of carbonyl (C=O) groups excluding carboxylic acids is 1. The lowest BCUT2D eigenvalue weighted by Gasteiger charge is -2.14. The number of nitrogens with one attached hydrogen (secondary N) is 1. The zero-order valence-corrected chi connectivity index (χ0v) is 9.94. The fourth-order valence-corrected chi connectivity index (χ4v) is 1.29. The molecule has 88 valence electrons. The standard InChI is InChI=1S/C12H19N3O/c1-3-15(2)12(16)10-14-9-6-11-4-7-13-8-5-11/h4-5,7-8,14H,3,6,9-10H2,1-2H3. The van der Waals surface area contributed by atoms with Crippen molar-refractivity contribution >= 4 is 5.91 Å². The van der Waals surface area contributed by atoms with Crippen LogP contribution in [0.5, 0.6) is 0 Å². The van der Waals surface area contributed by atoms with E-state index in [-0.39, 0.29) is 5.91 Å². The van der Waals surface area contributed by atoms with E-state index in [1.807, 2.05) is 26.1 Å². The van der Waals surface area contributed by atoms with Gasteiger partial charge in [0.2, 0.25) is 5.91 Å². The molecule has 0 saturated carbocycles. The van der Waals surface area contributed by atoms with Crippen molar-refractivity contribution < 1.29 is 4.79 Å². The first-order valence-electron chi connectivity index (χ1n) is 5.57. The van der Waals surface area contributed by atoms with Crippen LogP contribution in [-0.4, -0.2) is 42.5 Å². The van der Waals surface area contributed by atoms with Crippen LogP contribution in [-0.2, 0) is 11.2 Å². The fraction of sp³-hybridized carbons (Fsp3) is 0.500. The first-order valence-corrected chi connectivity index (χ1v) is 5.57. The molecule has 1 N–H and O–H groups in total. The molecule has 0 bridgehead atoms. The van der Waals surface area contributed by atoms with Crippen LogP contribution in [0.15, 0.2) is 24.5 Å². The molecule has 1 aromatic rings. The van der Waals surface area contributed by atoms with E-state index in [4.69, 9.17) is 0 Å². The number of nitrogens with zero attached hydrogens (tertiary/aromatic N) is 2. The maximum Gasteiger partial charge on any atom is 0.236 e. The Hall–Kier alpha value is -1.42. The molecule has 4 nitrogen and oxygen atoms in total. The summed E-state index contributed by atoms with van der Waals surface area (Å²) in [5.41, 5.74) is 1.23. The lowest BCUT2D eigenvalue weighted by molar-refractivity contribution is -0.128. The predicted molar refractivity (Wildman–Crippen MR) is 64.1 cm³/mol. The number of hydrogen-bond acceptors (Lipinski definition) is 3. The largest absolute Gasteiger partial charge is 0.345 e. The number of pyridine rings is 1. The second kappa shape index (κ2) is 6.95. The second-order valence-electron chi connectivity index (χ2n) is 3.69. The molecule has 1 rings (SSSR count). The van der Waals surface area contributed by atoms with E-state index in [9.17, 15) is 4.79 Å². The third kappa shape index (κ3) is 4.40. The number of likely N-dealkylation sites (N-methyl/N-ethyl adjacent to an activating group) is 1. The highest BCUT2D eigenvalue weighted by Crippen LogP contribution is 1.95. The van der Waals surface area contributed by atoms with Crippen molar-refractivity contribution in [1.82, 2.24) is 15.2 Å². The van der Waals surface area contributed by atoms with Gasteiger partial charge in [-0.15, -0.1) is 0 Å². The molecule has 1 aromatic heterocycles. The average Bonchev–Trinajstić information content (AvgIpc) is 2.34. The number of carbonyl (C=O) groups is 1. The minimum atomic E-state index is 0.136. The van der Waals surface area contributed by atoms with Crippen LogP contribution < -0.4 is 5.32 Å². The Kier molecular flexibility index (Phi) is 5.50. The van der Waals surface area contributed by atoms with E-state index < -0.39 is 0 Å². The summed E-state index contributed by atoms with van der Waals surface area (Å²) < 4.78 is 0. The summed E-state index contributed by atoms with van der Waals surface area (Å²) >= 11 is 0. The molecule has 0 aliphatic heterocycles. The third-order valence-electron chi connectivity index (χ3n) is 2.52. The SMILES string of the molecule is CCN(C)C(=O)CNCCc1ccncc1. The van der Waals surface area contributed by atoms with Gasteiger partial charge in [0.1, 0.15) is 0 Å². The van der Waals surface area contributed by atoms with Crippen molar-refractivity contribution in [3.05, 3.63) is 30.1 Å². The van der Waals surface area contributed by atoms with Crippen LogP contribution in [0, 0.1) is 0 Å². The average molecular weight is 221 g/mol. The van der Waals surface area contributed by atoms with E-state index in [2.05, 4.69) is 10.3 Å². The van der Waals surface area contributed by atoms with E-state index in [1.165, 1.54) is 5.56 Å². The van der Waals surface area contributed by atoms with Crippen LogP contribution >= 0.6 is 0 Å². The molecule has 0 aromatic carbocycles. The van der Waals surface area contributed by atoms with Crippen molar-refractivity contribution in [3.63, 3.8) is 0 Å². The summed E-state index contributed by atoms with van der Waals surface area (Å²) in [5, 5.41) is 3.14. The smallest absolute Gasteiger partial charge is 0.236 e. The molecule has 0 aliphatic carbocycles. The van der Waals surface area contributed by atoms with Gasteiger partial charge in [0.25, 0.3) is 0 Å². The number of amides is 1. The molecular formula is C12H19N3O. The summed E-state index contributed by atoms with van der Waals surface area (Å²) in [6.45, 7) is 3.95. The Morgan fingerprint density at radius 3 is 2.75 bits per heavy atom. The molecule has 1 amide bonds. The molecule has 16 heavy (non-hydrogen) atoms. The summed E-state index contributed by atoms with van der Waals surface area (Å²) in [4.78, 5) is 17.1. The van der Waals surface area contributed by atoms with E-state index >= 15 is 0 Å². The monoisotopic (exact) mass is 221 g/mol. The van der Waals surface area contributed by atoms with Gasteiger partial charge in [0.05, 0.1) is 6.54 Å². The van der Waals surface area contributed by atoms with Crippen LogP contribution in [0.4, 0.5) is 0 Å². The van der Waals surface area contributed by atoms with Gasteiger partial charge in [0.15, 0.2) is 0 Å². The van der Waals surface area contributed by atoms with Crippen molar-refractivity contribution in [2.45, 2.75) is 13.3 Å². The van der Waals surface area contributed by atoms with E-state index in [0.29, 0.717) is 6.54 Å². The highest BCUT2D eigenvalue weighted by atomic mass is 16.2. The molecule has 0 spiro atoms. The zero-order chi connectivity index (χ0) is 11.8. The first kappa shape index (κ1) is 12.6. The van der Waals surface area contributed by atoms with Gasteiger partial charge in [-0.3, -0.25) is 9.78 Å². The van der Waals surface area contributed by atoms with Gasteiger partial charge in [-0.25, -0.2) is 0 Å². The summed E-state index contributed by atoms with van der Waals surface area (Å²) in [6.07, 6.45) is 4.49. The van der Waals surface area contributed by atoms with Crippen LogP contribution in [0.1, 0.15) is 12.5 Å². The lowest BCUT2D eigenvalue weighted by Crippen LogP contribution is -2.36. The Labute approximate surface area is 96.7 Å². The molecular weight excluding hydrogens is 202 g/mol. The van der Waals surface area contributed by atoms with Gasteiger partial charge in [-0.1, -0.05) is 0 Å². The Morgan fingerprint density at radius 1 is 1.44 bits per heavy atom. The van der Waals surface area contributed by atoms with Crippen molar-refractivity contribution in [2.24, 2.45) is 0 Å². The van der Waals surface area contributed by atoms with Gasteiger partial charge in [0, 0.05) is 26.0 Å². The Balaban J connectivity index is 2.15. The van der Waals surface area contributed by atoms with Gasteiger partial charge >= 0.3 is 0 Å². The molecule has 0 atom stereocenters. The fourth-order valence-electron chi connectivity index (χ4n) is 1.29. The number of hydrogen-bond donors (Lipinski definition) is 1. The van der Waals surface area contributed by atoms with Crippen LogP contribution in [0.25, 0.3) is 0 Å². The second-order valence-corrected chi connectivity index (χ2v) is 3.69. The quantitative estimate of drug-likeness (QED) is 0.719. The molecule has 0 saturated heterocycles. The molecule has 0 fully saturated rings. The Bertz CT molecular complexity index is 313. The van der Waals surface area contributed by atoms with Crippen LogP contribution in [0.2, 0.25) is 0 Å². The maximum absolute atomic E-state index is 11.4. The molecule has 0 aliphatic rings. The summed E-state index contributed by atoms with van der Waals surface area (Å²) in [6, 6.07) is 3.98. The highest BCUT2D eigenvalue weighted by Gasteiger charge is 2.04. The van der Waals surface area contributed by atoms with E-state index in [1.54, 1.807) is 17.3 Å². The van der Waals surface area contributed by atoms with Crippen molar-refractivity contribution in [3.8, 4) is 0 Å². The number of aromatic nitrogens is 1. The van der Waals surface area contributed by atoms with Crippen molar-refractivity contribution in [1.29, 1.82) is 0 Å². The number of rotatable bonds is 6. The van der Waals surface area contributed by atoms with Crippen molar-refractivity contribution in [2.75, 3.05) is 26.7 Å². The molecule has 4 heteroatoms. The van der Waals surface area contributed by atoms with Gasteiger partial charge in [-0.2, -0.15) is 0 Å². The van der Waals surface area contributed by atoms with Gasteiger partial charge in [-0.05, 0) is 37.6 Å². The topological polar surface area (TPSA) is 45.2 Å². The van der Waals surface area contributed by atoms with Crippen LogP contribution in [0.3, 0.4) is 0 Å². The van der Waals surface area contributed by atoms with Gasteiger partial charge < -0.3 is 10.2 Å². The normalized spacial score (nSPS) is 10.1.